The smallest absolute Gasteiger partial charge is 0.235 e. The van der Waals surface area contributed by atoms with Gasteiger partial charge in [0.2, 0.25) is 5.91 Å². The van der Waals surface area contributed by atoms with Crippen LogP contribution in [-0.4, -0.2) is 30.3 Å². The molecule has 4 rings (SSSR count). The number of nitrogens with zero attached hydrogens (tertiary/aromatic N) is 1. The number of carbonyl (C=O) groups is 1. The Kier molecular flexibility index (Phi) is 3.60. The fourth-order valence-corrected chi connectivity index (χ4v) is 3.17. The summed E-state index contributed by atoms with van der Waals surface area (Å²) in [5.74, 6) is 1.30. The number of nitrogens with one attached hydrogen (secondary N) is 2. The van der Waals surface area contributed by atoms with E-state index in [1.165, 1.54) is 0 Å². The van der Waals surface area contributed by atoms with Crippen LogP contribution in [-0.2, 0) is 10.2 Å². The molecular weight excluding hydrogens is 318 g/mol. The molecular formula is C19H19N3O3. The second-order valence-electron chi connectivity index (χ2n) is 6.28. The molecule has 2 N–H and O–H groups in total. The van der Waals surface area contributed by atoms with Crippen molar-refractivity contribution in [3.8, 4) is 11.5 Å². The van der Waals surface area contributed by atoms with Gasteiger partial charge in [-0.3, -0.25) is 9.89 Å². The van der Waals surface area contributed by atoms with Crippen LogP contribution in [0, 0.1) is 0 Å². The fourth-order valence-electron chi connectivity index (χ4n) is 3.17. The number of ether oxygens (including phenoxy) is 2. The molecule has 6 nitrogen and oxygen atoms in total. The van der Waals surface area contributed by atoms with E-state index in [9.17, 15) is 4.79 Å². The van der Waals surface area contributed by atoms with Crippen LogP contribution in [0.25, 0.3) is 10.9 Å². The van der Waals surface area contributed by atoms with Gasteiger partial charge in [-0.25, -0.2) is 0 Å². The van der Waals surface area contributed by atoms with Gasteiger partial charge in [-0.2, -0.15) is 5.10 Å². The molecule has 0 spiro atoms. The molecule has 1 fully saturated rings. The Morgan fingerprint density at radius 2 is 1.92 bits per heavy atom. The average Bonchev–Trinajstić information content (AvgIpc) is 3.33. The number of benzene rings is 2. The van der Waals surface area contributed by atoms with Gasteiger partial charge in [0.25, 0.3) is 0 Å². The van der Waals surface area contributed by atoms with E-state index in [0.717, 1.165) is 35.0 Å². The number of rotatable bonds is 5. The van der Waals surface area contributed by atoms with Crippen molar-refractivity contribution in [2.75, 3.05) is 19.5 Å². The molecule has 1 amide bonds. The van der Waals surface area contributed by atoms with E-state index in [1.807, 2.05) is 36.4 Å². The predicted octanol–water partition coefficient (Wildman–Crippen LogP) is 3.25. The van der Waals surface area contributed by atoms with Crippen LogP contribution in [0.2, 0.25) is 0 Å². The zero-order chi connectivity index (χ0) is 17.4. The summed E-state index contributed by atoms with van der Waals surface area (Å²) in [4.78, 5) is 12.9. The van der Waals surface area contributed by atoms with Gasteiger partial charge >= 0.3 is 0 Å². The molecule has 128 valence electrons. The minimum atomic E-state index is -0.498. The second kappa shape index (κ2) is 5.81. The van der Waals surface area contributed by atoms with E-state index >= 15 is 0 Å². The maximum absolute atomic E-state index is 12.9. The summed E-state index contributed by atoms with van der Waals surface area (Å²) < 4.78 is 10.6. The number of anilines is 1. The third-order valence-corrected chi connectivity index (χ3v) is 4.82. The lowest BCUT2D eigenvalue weighted by molar-refractivity contribution is -0.118. The number of hydrogen-bond acceptors (Lipinski definition) is 4. The minimum Gasteiger partial charge on any atom is -0.493 e. The van der Waals surface area contributed by atoms with Crippen LogP contribution in [0.3, 0.4) is 0 Å². The Labute approximate surface area is 145 Å². The van der Waals surface area contributed by atoms with Crippen molar-refractivity contribution in [1.29, 1.82) is 0 Å². The lowest BCUT2D eigenvalue weighted by Crippen LogP contribution is -2.27. The van der Waals surface area contributed by atoms with Gasteiger partial charge in [-0.05, 0) is 48.7 Å². The molecule has 0 atom stereocenters. The van der Waals surface area contributed by atoms with Crippen molar-refractivity contribution >= 4 is 22.5 Å². The van der Waals surface area contributed by atoms with Crippen molar-refractivity contribution in [2.45, 2.75) is 18.3 Å². The molecule has 0 aliphatic heterocycles. The first-order valence-electron chi connectivity index (χ1n) is 8.13. The van der Waals surface area contributed by atoms with Gasteiger partial charge in [0, 0.05) is 11.1 Å². The van der Waals surface area contributed by atoms with E-state index < -0.39 is 5.41 Å². The normalized spacial score (nSPS) is 15.0. The van der Waals surface area contributed by atoms with Gasteiger partial charge in [0.1, 0.15) is 0 Å². The number of methoxy groups -OCH3 is 2. The van der Waals surface area contributed by atoms with Crippen molar-refractivity contribution in [1.82, 2.24) is 10.2 Å². The fraction of sp³-hybridized carbons (Fsp3) is 0.263. The zero-order valence-electron chi connectivity index (χ0n) is 14.1. The van der Waals surface area contributed by atoms with Gasteiger partial charge in [-0.1, -0.05) is 6.07 Å². The van der Waals surface area contributed by atoms with Crippen molar-refractivity contribution < 1.29 is 14.3 Å². The summed E-state index contributed by atoms with van der Waals surface area (Å²) in [6, 6.07) is 11.4. The summed E-state index contributed by atoms with van der Waals surface area (Å²) in [6.45, 7) is 0. The molecule has 1 heterocycles. The first kappa shape index (κ1) is 15.5. The van der Waals surface area contributed by atoms with Crippen LogP contribution < -0.4 is 14.8 Å². The third kappa shape index (κ3) is 2.59. The van der Waals surface area contributed by atoms with Gasteiger partial charge in [0.15, 0.2) is 11.5 Å². The highest BCUT2D eigenvalue weighted by Crippen LogP contribution is 2.50. The summed E-state index contributed by atoms with van der Waals surface area (Å²) in [6.07, 6.45) is 3.40. The Morgan fingerprint density at radius 1 is 1.12 bits per heavy atom. The minimum absolute atomic E-state index is 0.00131. The highest BCUT2D eigenvalue weighted by molar-refractivity contribution is 6.02. The summed E-state index contributed by atoms with van der Waals surface area (Å²) >= 11 is 0. The molecule has 6 heteroatoms. The lowest BCUT2D eigenvalue weighted by atomic mass is 9.94. The quantitative estimate of drug-likeness (QED) is 0.749. The van der Waals surface area contributed by atoms with Crippen LogP contribution in [0.15, 0.2) is 42.6 Å². The lowest BCUT2D eigenvalue weighted by Gasteiger charge is -2.18. The number of carbonyl (C=O) groups excluding carboxylic acids is 1. The van der Waals surface area contributed by atoms with E-state index in [0.29, 0.717) is 11.5 Å². The molecule has 1 aliphatic rings. The summed E-state index contributed by atoms with van der Waals surface area (Å²) in [5, 5.41) is 11.0. The van der Waals surface area contributed by atoms with Gasteiger partial charge in [-0.15, -0.1) is 0 Å². The largest absolute Gasteiger partial charge is 0.493 e. The summed E-state index contributed by atoms with van der Waals surface area (Å²) in [5.41, 5.74) is 2.11. The van der Waals surface area contributed by atoms with Crippen LogP contribution in [0.5, 0.6) is 11.5 Å². The first-order chi connectivity index (χ1) is 12.2. The predicted molar refractivity (Wildman–Crippen MR) is 95.2 cm³/mol. The van der Waals surface area contributed by atoms with Crippen molar-refractivity contribution in [2.24, 2.45) is 0 Å². The van der Waals surface area contributed by atoms with E-state index in [-0.39, 0.29) is 5.91 Å². The number of fused-ring (bicyclic) bond motifs is 1. The molecule has 1 saturated carbocycles. The molecule has 0 radical (unpaired) electrons. The Balaban J connectivity index is 1.60. The van der Waals surface area contributed by atoms with E-state index in [1.54, 1.807) is 20.4 Å². The number of aromatic nitrogens is 2. The molecule has 0 bridgehead atoms. The van der Waals surface area contributed by atoms with Crippen LogP contribution in [0.1, 0.15) is 18.4 Å². The highest BCUT2D eigenvalue weighted by Gasteiger charge is 2.51. The third-order valence-electron chi connectivity index (χ3n) is 4.82. The van der Waals surface area contributed by atoms with E-state index in [4.69, 9.17) is 9.47 Å². The van der Waals surface area contributed by atoms with Crippen molar-refractivity contribution in [3.05, 3.63) is 48.2 Å². The molecule has 0 unspecified atom stereocenters. The highest BCUT2D eigenvalue weighted by atomic mass is 16.5. The maximum atomic E-state index is 12.9. The topological polar surface area (TPSA) is 76.2 Å². The monoisotopic (exact) mass is 337 g/mol. The van der Waals surface area contributed by atoms with Gasteiger partial charge in [0.05, 0.1) is 31.3 Å². The maximum Gasteiger partial charge on any atom is 0.235 e. The SMILES string of the molecule is COc1ccc(C2(C(=O)Nc3ccc4cn[nH]c4c3)CC2)cc1OC. The van der Waals surface area contributed by atoms with E-state index in [2.05, 4.69) is 15.5 Å². The molecule has 0 saturated heterocycles. The average molecular weight is 337 g/mol. The summed E-state index contributed by atoms with van der Waals surface area (Å²) in [7, 11) is 3.20. The molecule has 1 aliphatic carbocycles. The number of amides is 1. The number of hydrogen-bond donors (Lipinski definition) is 2. The Bertz CT molecular complexity index is 944. The van der Waals surface area contributed by atoms with Crippen LogP contribution in [0.4, 0.5) is 5.69 Å². The second-order valence-corrected chi connectivity index (χ2v) is 6.28. The zero-order valence-corrected chi connectivity index (χ0v) is 14.1. The Hall–Kier alpha value is -3.02. The standard InChI is InChI=1S/C19H19N3O3/c1-24-16-6-4-13(9-17(16)25-2)19(7-8-19)18(23)21-14-5-3-12-11-20-22-15(12)10-14/h3-6,9-11H,7-8H2,1-2H3,(H,20,22)(H,21,23). The molecule has 2 aromatic carbocycles. The molecule has 1 aromatic heterocycles. The molecule has 25 heavy (non-hydrogen) atoms. The Morgan fingerprint density at radius 3 is 2.64 bits per heavy atom. The van der Waals surface area contributed by atoms with Gasteiger partial charge < -0.3 is 14.8 Å². The van der Waals surface area contributed by atoms with Crippen LogP contribution >= 0.6 is 0 Å². The van der Waals surface area contributed by atoms with Crippen molar-refractivity contribution in [3.63, 3.8) is 0 Å². The number of aromatic amines is 1. The first-order valence-corrected chi connectivity index (χ1v) is 8.13. The number of H-pyrrole nitrogens is 1. The molecule has 3 aromatic rings.